The number of rotatable bonds is 2. The number of H-pyrrole nitrogens is 1. The zero-order chi connectivity index (χ0) is 14.9. The van der Waals surface area contributed by atoms with Crippen LogP contribution in [-0.4, -0.2) is 51.3 Å². The van der Waals surface area contributed by atoms with Crippen LogP contribution < -0.4 is 5.69 Å². The Hall–Kier alpha value is -1.34. The standard InChI is InChI=1S/C13H19N3O3S/c1-7-4-5-16(6-9(7)17)12(18)10-8(2)14-13(19)15-11(10)20-3/h7,9,17H,4-6H2,1-3H3,(H,14,15,19). The lowest BCUT2D eigenvalue weighted by atomic mass is 9.95. The average Bonchev–Trinajstić information content (AvgIpc) is 2.40. The van der Waals surface area contributed by atoms with Gasteiger partial charge in [-0.05, 0) is 25.5 Å². The van der Waals surface area contributed by atoms with Crippen LogP contribution in [0.4, 0.5) is 0 Å². The molecule has 0 radical (unpaired) electrons. The van der Waals surface area contributed by atoms with Crippen molar-refractivity contribution in [3.63, 3.8) is 0 Å². The molecule has 1 fully saturated rings. The van der Waals surface area contributed by atoms with Gasteiger partial charge in [-0.1, -0.05) is 6.92 Å². The van der Waals surface area contributed by atoms with Crippen molar-refractivity contribution < 1.29 is 9.90 Å². The van der Waals surface area contributed by atoms with Gasteiger partial charge in [0.05, 0.1) is 11.7 Å². The van der Waals surface area contributed by atoms with Crippen LogP contribution in [0, 0.1) is 12.8 Å². The number of amides is 1. The van der Waals surface area contributed by atoms with Crippen molar-refractivity contribution in [1.82, 2.24) is 14.9 Å². The maximum Gasteiger partial charge on any atom is 0.346 e. The number of carbonyl (C=O) groups is 1. The molecule has 0 aromatic carbocycles. The summed E-state index contributed by atoms with van der Waals surface area (Å²) >= 11 is 1.28. The first-order valence-electron chi connectivity index (χ1n) is 6.56. The predicted octanol–water partition coefficient (Wildman–Crippen LogP) is 0.643. The number of nitrogens with one attached hydrogen (secondary N) is 1. The maximum absolute atomic E-state index is 12.6. The zero-order valence-corrected chi connectivity index (χ0v) is 12.7. The van der Waals surface area contributed by atoms with Gasteiger partial charge in [0.1, 0.15) is 5.03 Å². The number of thioether (sulfide) groups is 1. The van der Waals surface area contributed by atoms with Gasteiger partial charge in [0.15, 0.2) is 0 Å². The first-order valence-corrected chi connectivity index (χ1v) is 7.78. The fraction of sp³-hybridized carbons (Fsp3) is 0.615. The van der Waals surface area contributed by atoms with E-state index in [9.17, 15) is 14.7 Å². The lowest BCUT2D eigenvalue weighted by Crippen LogP contribution is -2.46. The lowest BCUT2D eigenvalue weighted by Gasteiger charge is -2.34. The van der Waals surface area contributed by atoms with Gasteiger partial charge in [-0.3, -0.25) is 4.79 Å². The molecule has 2 atom stereocenters. The molecule has 2 rings (SSSR count). The quantitative estimate of drug-likeness (QED) is 0.618. The minimum atomic E-state index is -0.499. The summed E-state index contributed by atoms with van der Waals surface area (Å²) in [7, 11) is 0. The van der Waals surface area contributed by atoms with Crippen molar-refractivity contribution in [3.8, 4) is 0 Å². The summed E-state index contributed by atoms with van der Waals surface area (Å²) in [5.41, 5.74) is 0.502. The molecule has 2 heterocycles. The minimum absolute atomic E-state index is 0.179. The van der Waals surface area contributed by atoms with Crippen LogP contribution in [0.3, 0.4) is 0 Å². The van der Waals surface area contributed by atoms with Crippen molar-refractivity contribution in [2.45, 2.75) is 31.4 Å². The molecule has 1 aliphatic heterocycles. The predicted molar refractivity (Wildman–Crippen MR) is 77.1 cm³/mol. The van der Waals surface area contributed by atoms with E-state index in [-0.39, 0.29) is 11.8 Å². The van der Waals surface area contributed by atoms with Gasteiger partial charge in [-0.25, -0.2) is 4.79 Å². The molecule has 20 heavy (non-hydrogen) atoms. The number of aliphatic hydroxyl groups is 1. The van der Waals surface area contributed by atoms with E-state index in [1.54, 1.807) is 18.1 Å². The molecule has 0 bridgehead atoms. The lowest BCUT2D eigenvalue weighted by molar-refractivity contribution is 0.0245. The van der Waals surface area contributed by atoms with Gasteiger partial charge in [0, 0.05) is 18.8 Å². The van der Waals surface area contributed by atoms with Crippen LogP contribution in [0.15, 0.2) is 9.82 Å². The van der Waals surface area contributed by atoms with Crippen molar-refractivity contribution in [3.05, 3.63) is 21.7 Å². The molecule has 110 valence electrons. The van der Waals surface area contributed by atoms with Gasteiger partial charge in [0.25, 0.3) is 5.91 Å². The first kappa shape index (κ1) is 15.1. The largest absolute Gasteiger partial charge is 0.391 e. The van der Waals surface area contributed by atoms with Crippen molar-refractivity contribution in [2.75, 3.05) is 19.3 Å². The third kappa shape index (κ3) is 2.88. The number of aromatic amines is 1. The number of β-amino-alcohol motifs (C(OH)–C–C–N with tert-alkyl or cyclic N) is 1. The second-order valence-electron chi connectivity index (χ2n) is 5.14. The Morgan fingerprint density at radius 2 is 2.25 bits per heavy atom. The summed E-state index contributed by atoms with van der Waals surface area (Å²) in [6.45, 7) is 4.61. The third-order valence-corrected chi connectivity index (χ3v) is 4.38. The van der Waals surface area contributed by atoms with Gasteiger partial charge in [-0.15, -0.1) is 11.8 Å². The highest BCUT2D eigenvalue weighted by Crippen LogP contribution is 2.23. The smallest absolute Gasteiger partial charge is 0.346 e. The van der Waals surface area contributed by atoms with E-state index < -0.39 is 11.8 Å². The second kappa shape index (κ2) is 5.97. The normalized spacial score (nSPS) is 22.9. The Labute approximate surface area is 121 Å². The van der Waals surface area contributed by atoms with E-state index in [1.807, 2.05) is 6.92 Å². The Kier molecular flexibility index (Phi) is 4.49. The Bertz CT molecular complexity index is 572. The van der Waals surface area contributed by atoms with E-state index in [0.717, 1.165) is 6.42 Å². The number of nitrogens with zero attached hydrogens (tertiary/aromatic N) is 2. The molecule has 1 aliphatic rings. The number of piperidine rings is 1. The van der Waals surface area contributed by atoms with Gasteiger partial charge in [0.2, 0.25) is 0 Å². The summed E-state index contributed by atoms with van der Waals surface area (Å²) in [6, 6.07) is 0. The highest BCUT2D eigenvalue weighted by Gasteiger charge is 2.30. The van der Waals surface area contributed by atoms with E-state index in [0.29, 0.717) is 29.4 Å². The Morgan fingerprint density at radius 3 is 2.85 bits per heavy atom. The number of likely N-dealkylation sites (tertiary alicyclic amines) is 1. The van der Waals surface area contributed by atoms with Gasteiger partial charge >= 0.3 is 5.69 Å². The fourth-order valence-electron chi connectivity index (χ4n) is 2.35. The van der Waals surface area contributed by atoms with Crippen molar-refractivity contribution >= 4 is 17.7 Å². The van der Waals surface area contributed by atoms with Crippen LogP contribution in [0.5, 0.6) is 0 Å². The molecule has 0 spiro atoms. The van der Waals surface area contributed by atoms with Crippen LogP contribution in [-0.2, 0) is 0 Å². The average molecular weight is 297 g/mol. The summed E-state index contributed by atoms with van der Waals surface area (Å²) in [4.78, 5) is 32.0. The number of aryl methyl sites for hydroxylation is 1. The highest BCUT2D eigenvalue weighted by molar-refractivity contribution is 7.98. The number of hydrogen-bond acceptors (Lipinski definition) is 5. The van der Waals surface area contributed by atoms with Crippen molar-refractivity contribution in [1.29, 1.82) is 0 Å². The molecule has 1 amide bonds. The fourth-order valence-corrected chi connectivity index (χ4v) is 2.97. The molecule has 1 aromatic rings. The molecule has 0 saturated carbocycles. The summed E-state index contributed by atoms with van der Waals surface area (Å²) < 4.78 is 0. The molecule has 2 N–H and O–H groups in total. The molecule has 6 nitrogen and oxygen atoms in total. The van der Waals surface area contributed by atoms with Crippen LogP contribution >= 0.6 is 11.8 Å². The summed E-state index contributed by atoms with van der Waals surface area (Å²) in [5.74, 6) is 0.0235. The van der Waals surface area contributed by atoms with E-state index >= 15 is 0 Å². The third-order valence-electron chi connectivity index (χ3n) is 3.70. The van der Waals surface area contributed by atoms with Crippen LogP contribution in [0.1, 0.15) is 29.4 Å². The number of aliphatic hydroxyl groups excluding tert-OH is 1. The number of hydrogen-bond donors (Lipinski definition) is 2. The minimum Gasteiger partial charge on any atom is -0.391 e. The SMILES string of the molecule is CSc1nc(=O)[nH]c(C)c1C(=O)N1CCC(C)C(O)C1. The van der Waals surface area contributed by atoms with E-state index in [2.05, 4.69) is 9.97 Å². The second-order valence-corrected chi connectivity index (χ2v) is 5.93. The monoisotopic (exact) mass is 297 g/mol. The Morgan fingerprint density at radius 1 is 1.55 bits per heavy atom. The number of aromatic nitrogens is 2. The number of carbonyl (C=O) groups excluding carboxylic acids is 1. The molecule has 7 heteroatoms. The zero-order valence-electron chi connectivity index (χ0n) is 11.8. The Balaban J connectivity index is 2.32. The molecular formula is C13H19N3O3S. The van der Waals surface area contributed by atoms with Crippen LogP contribution in [0.25, 0.3) is 0 Å². The first-order chi connectivity index (χ1) is 9.43. The van der Waals surface area contributed by atoms with E-state index in [4.69, 9.17) is 0 Å². The topological polar surface area (TPSA) is 86.3 Å². The maximum atomic E-state index is 12.6. The summed E-state index contributed by atoms with van der Waals surface area (Å²) in [5, 5.41) is 10.3. The van der Waals surface area contributed by atoms with Gasteiger partial charge in [-0.2, -0.15) is 4.98 Å². The summed E-state index contributed by atoms with van der Waals surface area (Å²) in [6.07, 6.45) is 2.06. The molecular weight excluding hydrogens is 278 g/mol. The van der Waals surface area contributed by atoms with Crippen molar-refractivity contribution in [2.24, 2.45) is 5.92 Å². The molecule has 2 unspecified atom stereocenters. The molecule has 1 saturated heterocycles. The highest BCUT2D eigenvalue weighted by atomic mass is 32.2. The van der Waals surface area contributed by atoms with Crippen LogP contribution in [0.2, 0.25) is 0 Å². The van der Waals surface area contributed by atoms with Gasteiger partial charge < -0.3 is 15.0 Å². The van der Waals surface area contributed by atoms with E-state index in [1.165, 1.54) is 11.8 Å². The molecule has 0 aliphatic carbocycles. The molecule has 1 aromatic heterocycles.